The van der Waals surface area contributed by atoms with Crippen LogP contribution in [0.5, 0.6) is 11.5 Å². The number of ether oxygens (including phenoxy) is 2. The minimum Gasteiger partial charge on any atom is -0.496 e. The van der Waals surface area contributed by atoms with Crippen molar-refractivity contribution in [3.05, 3.63) is 22.2 Å². The van der Waals surface area contributed by atoms with Crippen molar-refractivity contribution in [1.29, 1.82) is 0 Å². The Kier molecular flexibility index (Phi) is 8.16. The maximum atomic E-state index is 12.6. The Morgan fingerprint density at radius 2 is 2.13 bits per heavy atom. The predicted octanol–water partition coefficient (Wildman–Crippen LogP) is 3.10. The van der Waals surface area contributed by atoms with Gasteiger partial charge in [-0.2, -0.15) is 0 Å². The van der Waals surface area contributed by atoms with Gasteiger partial charge in [0, 0.05) is 12.6 Å². The van der Waals surface area contributed by atoms with Crippen molar-refractivity contribution in [2.24, 2.45) is 0 Å². The number of methoxy groups -OCH3 is 2. The Bertz CT molecular complexity index is 542. The molecule has 1 amide bonds. The first-order valence-corrected chi connectivity index (χ1v) is 8.34. The summed E-state index contributed by atoms with van der Waals surface area (Å²) in [6.45, 7) is 4.93. The van der Waals surface area contributed by atoms with Gasteiger partial charge in [-0.3, -0.25) is 9.69 Å². The van der Waals surface area contributed by atoms with Crippen molar-refractivity contribution < 1.29 is 14.3 Å². The number of benzene rings is 1. The Morgan fingerprint density at radius 3 is 2.74 bits per heavy atom. The van der Waals surface area contributed by atoms with Crippen molar-refractivity contribution in [1.82, 2.24) is 10.2 Å². The predicted molar refractivity (Wildman–Crippen MR) is 97.1 cm³/mol. The molecule has 0 spiro atoms. The molecule has 2 rings (SSSR count). The lowest BCUT2D eigenvalue weighted by Gasteiger charge is -2.23. The molecular weight excluding hydrogens is 384 g/mol. The molecular formula is C16H24BrClN2O3. The van der Waals surface area contributed by atoms with Crippen LogP contribution in [0.2, 0.25) is 0 Å². The van der Waals surface area contributed by atoms with Crippen LogP contribution < -0.4 is 14.8 Å². The highest BCUT2D eigenvalue weighted by Gasteiger charge is 2.25. The fourth-order valence-electron chi connectivity index (χ4n) is 2.97. The zero-order valence-electron chi connectivity index (χ0n) is 13.7. The number of likely N-dealkylation sites (tertiary alicyclic amines) is 1. The molecule has 1 aliphatic rings. The number of rotatable bonds is 6. The molecule has 1 aromatic rings. The van der Waals surface area contributed by atoms with E-state index in [0.29, 0.717) is 29.6 Å². The van der Waals surface area contributed by atoms with Crippen molar-refractivity contribution in [2.45, 2.75) is 25.8 Å². The summed E-state index contributed by atoms with van der Waals surface area (Å²) in [5.41, 5.74) is 0.431. The summed E-state index contributed by atoms with van der Waals surface area (Å²) in [6, 6.07) is 3.98. The Morgan fingerprint density at radius 1 is 1.39 bits per heavy atom. The highest BCUT2D eigenvalue weighted by Crippen LogP contribution is 2.35. The van der Waals surface area contributed by atoms with Crippen LogP contribution in [0.25, 0.3) is 0 Å². The number of halogens is 2. The van der Waals surface area contributed by atoms with Crippen LogP contribution in [0.3, 0.4) is 0 Å². The van der Waals surface area contributed by atoms with Crippen molar-refractivity contribution >= 4 is 34.2 Å². The molecule has 23 heavy (non-hydrogen) atoms. The van der Waals surface area contributed by atoms with E-state index in [4.69, 9.17) is 9.47 Å². The highest BCUT2D eigenvalue weighted by atomic mass is 79.9. The van der Waals surface area contributed by atoms with Gasteiger partial charge in [0.2, 0.25) is 0 Å². The fourth-order valence-corrected chi connectivity index (χ4v) is 3.46. The van der Waals surface area contributed by atoms with Gasteiger partial charge in [0.25, 0.3) is 5.91 Å². The van der Waals surface area contributed by atoms with Gasteiger partial charge in [-0.05, 0) is 54.0 Å². The van der Waals surface area contributed by atoms with Gasteiger partial charge in [0.1, 0.15) is 17.1 Å². The largest absolute Gasteiger partial charge is 0.496 e. The van der Waals surface area contributed by atoms with Crippen LogP contribution in [0.4, 0.5) is 0 Å². The smallest absolute Gasteiger partial charge is 0.258 e. The van der Waals surface area contributed by atoms with Crippen molar-refractivity contribution in [3.8, 4) is 11.5 Å². The van der Waals surface area contributed by atoms with Crippen LogP contribution in [0.15, 0.2) is 16.6 Å². The topological polar surface area (TPSA) is 50.8 Å². The molecule has 0 saturated carbocycles. The van der Waals surface area contributed by atoms with Gasteiger partial charge >= 0.3 is 0 Å². The summed E-state index contributed by atoms with van der Waals surface area (Å²) >= 11 is 3.41. The molecule has 1 heterocycles. The van der Waals surface area contributed by atoms with E-state index in [1.54, 1.807) is 20.3 Å². The minimum atomic E-state index is -0.169. The van der Waals surface area contributed by atoms with Gasteiger partial charge in [-0.25, -0.2) is 0 Å². The van der Waals surface area contributed by atoms with E-state index in [9.17, 15) is 4.79 Å². The van der Waals surface area contributed by atoms with Crippen LogP contribution in [0, 0.1) is 0 Å². The standard InChI is InChI=1S/C16H23BrN2O3.ClH/c1-4-19-9-5-6-11(19)10-18-16(20)14-13(21-2)8-7-12(17)15(14)22-3;/h7-8,11H,4-6,9-10H2,1-3H3,(H,18,20);1H/t11-;/m0./s1. The molecule has 0 aliphatic carbocycles. The average Bonchev–Trinajstić information content (AvgIpc) is 2.99. The minimum absolute atomic E-state index is 0. The second-order valence-electron chi connectivity index (χ2n) is 5.29. The number of likely N-dealkylation sites (N-methyl/N-ethyl adjacent to an activating group) is 1. The SMILES string of the molecule is CCN1CCC[C@H]1CNC(=O)c1c(OC)ccc(Br)c1OC.Cl. The van der Waals surface area contributed by atoms with Crippen LogP contribution in [-0.2, 0) is 0 Å². The molecule has 130 valence electrons. The first-order valence-electron chi connectivity index (χ1n) is 7.55. The summed E-state index contributed by atoms with van der Waals surface area (Å²) in [5.74, 6) is 0.838. The van der Waals surface area contributed by atoms with E-state index in [2.05, 4.69) is 33.1 Å². The monoisotopic (exact) mass is 406 g/mol. The first-order chi connectivity index (χ1) is 10.6. The number of amides is 1. The summed E-state index contributed by atoms with van der Waals surface area (Å²) in [6.07, 6.45) is 2.32. The normalized spacial score (nSPS) is 17.5. The van der Waals surface area contributed by atoms with Crippen molar-refractivity contribution in [3.63, 3.8) is 0 Å². The number of nitrogens with one attached hydrogen (secondary N) is 1. The summed E-state index contributed by atoms with van der Waals surface area (Å²) in [5, 5.41) is 3.02. The molecule has 7 heteroatoms. The molecule has 0 unspecified atom stereocenters. The molecule has 1 fully saturated rings. The summed E-state index contributed by atoms with van der Waals surface area (Å²) in [7, 11) is 3.10. The number of nitrogens with zero attached hydrogens (tertiary/aromatic N) is 1. The van der Waals surface area contributed by atoms with E-state index < -0.39 is 0 Å². The lowest BCUT2D eigenvalue weighted by molar-refractivity contribution is 0.0935. The third-order valence-corrected chi connectivity index (χ3v) is 4.75. The van der Waals surface area contributed by atoms with Crippen molar-refractivity contribution in [2.75, 3.05) is 33.9 Å². The summed E-state index contributed by atoms with van der Waals surface area (Å²) < 4.78 is 11.4. The van der Waals surface area contributed by atoms with E-state index in [0.717, 1.165) is 24.0 Å². The molecule has 1 atom stereocenters. The van der Waals surface area contributed by atoms with Gasteiger partial charge < -0.3 is 14.8 Å². The van der Waals surface area contributed by atoms with E-state index in [1.807, 2.05) is 6.07 Å². The molecule has 1 aromatic carbocycles. The Balaban J connectivity index is 0.00000264. The maximum absolute atomic E-state index is 12.6. The average molecular weight is 408 g/mol. The van der Waals surface area contributed by atoms with Crippen LogP contribution in [0.1, 0.15) is 30.1 Å². The van der Waals surface area contributed by atoms with Crippen LogP contribution in [-0.4, -0.2) is 50.7 Å². The van der Waals surface area contributed by atoms with E-state index >= 15 is 0 Å². The number of carbonyl (C=O) groups excluding carboxylic acids is 1. The van der Waals surface area contributed by atoms with Gasteiger partial charge in [-0.15, -0.1) is 12.4 Å². The van der Waals surface area contributed by atoms with Gasteiger partial charge in [0.05, 0.1) is 18.7 Å². The lowest BCUT2D eigenvalue weighted by atomic mass is 10.1. The highest BCUT2D eigenvalue weighted by molar-refractivity contribution is 9.10. The van der Waals surface area contributed by atoms with Crippen LogP contribution >= 0.6 is 28.3 Å². The second-order valence-corrected chi connectivity index (χ2v) is 6.15. The van der Waals surface area contributed by atoms with E-state index in [-0.39, 0.29) is 18.3 Å². The maximum Gasteiger partial charge on any atom is 0.258 e. The molecule has 1 N–H and O–H groups in total. The first kappa shape index (κ1) is 20.1. The quantitative estimate of drug-likeness (QED) is 0.787. The van der Waals surface area contributed by atoms with Gasteiger partial charge in [-0.1, -0.05) is 6.92 Å². The second kappa shape index (κ2) is 9.35. The molecule has 1 aliphatic heterocycles. The summed E-state index contributed by atoms with van der Waals surface area (Å²) in [4.78, 5) is 15.0. The van der Waals surface area contributed by atoms with Gasteiger partial charge in [0.15, 0.2) is 0 Å². The molecule has 1 saturated heterocycles. The molecule has 0 aromatic heterocycles. The number of carbonyl (C=O) groups is 1. The van der Waals surface area contributed by atoms with E-state index in [1.165, 1.54) is 6.42 Å². The number of hydrogen-bond acceptors (Lipinski definition) is 4. The Labute approximate surface area is 152 Å². The fraction of sp³-hybridized carbons (Fsp3) is 0.562. The number of hydrogen-bond donors (Lipinski definition) is 1. The Hall–Kier alpha value is -0.980. The molecule has 0 bridgehead atoms. The molecule has 0 radical (unpaired) electrons. The molecule has 5 nitrogen and oxygen atoms in total. The third-order valence-electron chi connectivity index (χ3n) is 4.13. The zero-order chi connectivity index (χ0) is 16.1. The lowest BCUT2D eigenvalue weighted by Crippen LogP contribution is -2.40. The third kappa shape index (κ3) is 4.52. The zero-order valence-corrected chi connectivity index (χ0v) is 16.1.